The number of hydrogen-bond acceptors (Lipinski definition) is 5. The number of methoxy groups -OCH3 is 1. The third kappa shape index (κ3) is 3.70. The Kier molecular flexibility index (Phi) is 4.95. The molecule has 128 valence electrons. The van der Waals surface area contributed by atoms with Gasteiger partial charge in [-0.15, -0.1) is 0 Å². The van der Waals surface area contributed by atoms with Crippen molar-refractivity contribution in [2.45, 2.75) is 6.92 Å². The molecule has 0 fully saturated rings. The number of pyridine rings is 2. The van der Waals surface area contributed by atoms with Gasteiger partial charge in [0.05, 0.1) is 23.9 Å². The smallest absolute Gasteiger partial charge is 0.337 e. The van der Waals surface area contributed by atoms with Gasteiger partial charge in [0.25, 0.3) is 0 Å². The molecule has 0 bridgehead atoms. The number of carbonyl (C=O) groups excluding carboxylic acids is 1. The lowest BCUT2D eigenvalue weighted by molar-refractivity contribution is 0.0601. The Bertz CT molecular complexity index is 998. The number of aromatic nitrogens is 2. The molecule has 26 heavy (non-hydrogen) atoms. The topological polar surface area (TPSA) is 78.1 Å². The van der Waals surface area contributed by atoms with Crippen LogP contribution in [0.25, 0.3) is 11.1 Å². The predicted octanol–water partition coefficient (Wildman–Crippen LogP) is 3.22. The molecular weight excluding hydrogens is 326 g/mol. The summed E-state index contributed by atoms with van der Waals surface area (Å²) >= 11 is 0. The van der Waals surface area contributed by atoms with Crippen molar-refractivity contribution >= 4 is 11.8 Å². The van der Waals surface area contributed by atoms with Crippen molar-refractivity contribution in [3.05, 3.63) is 77.2 Å². The largest absolute Gasteiger partial charge is 0.465 e. The van der Waals surface area contributed by atoms with Crippen LogP contribution in [0.2, 0.25) is 0 Å². The van der Waals surface area contributed by atoms with Crippen molar-refractivity contribution in [3.8, 4) is 23.0 Å². The lowest BCUT2D eigenvalue weighted by Gasteiger charge is -2.08. The molecule has 0 aliphatic carbocycles. The molecule has 1 aromatic carbocycles. The van der Waals surface area contributed by atoms with E-state index in [4.69, 9.17) is 10.5 Å². The SMILES string of the molecule is COC(=O)c1ccc(-c2ccnc(C)c2C#Cc2ccc(N)nc2)cc1. The minimum absolute atomic E-state index is 0.363. The number of nitrogen functional groups attached to an aromatic ring is 1. The second-order valence-corrected chi connectivity index (χ2v) is 5.61. The van der Waals surface area contributed by atoms with Gasteiger partial charge < -0.3 is 10.5 Å². The predicted molar refractivity (Wildman–Crippen MR) is 100 cm³/mol. The molecule has 0 radical (unpaired) electrons. The Balaban J connectivity index is 2.00. The number of rotatable bonds is 2. The number of nitrogens with zero attached hydrogens (tertiary/aromatic N) is 2. The summed E-state index contributed by atoms with van der Waals surface area (Å²) in [6.07, 6.45) is 3.38. The Hall–Kier alpha value is -3.65. The van der Waals surface area contributed by atoms with Crippen LogP contribution in [0.15, 0.2) is 54.9 Å². The second kappa shape index (κ2) is 7.49. The molecule has 2 aromatic heterocycles. The van der Waals surface area contributed by atoms with Crippen LogP contribution >= 0.6 is 0 Å². The standard InChI is InChI=1S/C21H17N3O2/c1-14-18(9-3-15-4-10-20(22)24-13-15)19(11-12-23-14)16-5-7-17(8-6-16)21(25)26-2/h4-8,10-13H,1-2H3,(H2,22,24). The van der Waals surface area contributed by atoms with Gasteiger partial charge in [0.15, 0.2) is 0 Å². The van der Waals surface area contributed by atoms with Crippen LogP contribution < -0.4 is 5.73 Å². The van der Waals surface area contributed by atoms with Crippen LogP contribution in [0.1, 0.15) is 27.2 Å². The van der Waals surface area contributed by atoms with Crippen molar-refractivity contribution in [3.63, 3.8) is 0 Å². The third-order valence-electron chi connectivity index (χ3n) is 3.88. The molecular formula is C21H17N3O2. The molecule has 5 heteroatoms. The van der Waals surface area contributed by atoms with Crippen LogP contribution in [0, 0.1) is 18.8 Å². The first kappa shape index (κ1) is 17.2. The van der Waals surface area contributed by atoms with E-state index < -0.39 is 0 Å². The van der Waals surface area contributed by atoms with Gasteiger partial charge in [-0.05, 0) is 42.8 Å². The molecule has 2 heterocycles. The number of anilines is 1. The van der Waals surface area contributed by atoms with Crippen molar-refractivity contribution in [1.82, 2.24) is 9.97 Å². The first-order chi connectivity index (χ1) is 12.6. The highest BCUT2D eigenvalue weighted by atomic mass is 16.5. The second-order valence-electron chi connectivity index (χ2n) is 5.61. The average molecular weight is 343 g/mol. The Morgan fingerprint density at radius 3 is 2.46 bits per heavy atom. The Morgan fingerprint density at radius 1 is 1.04 bits per heavy atom. The third-order valence-corrected chi connectivity index (χ3v) is 3.88. The summed E-state index contributed by atoms with van der Waals surface area (Å²) in [5.74, 6) is 6.37. The van der Waals surface area contributed by atoms with Gasteiger partial charge >= 0.3 is 5.97 Å². The molecule has 0 amide bonds. The molecule has 0 spiro atoms. The number of hydrogen-bond donors (Lipinski definition) is 1. The number of ether oxygens (including phenoxy) is 1. The number of benzene rings is 1. The first-order valence-electron chi connectivity index (χ1n) is 7.96. The lowest BCUT2D eigenvalue weighted by atomic mass is 9.98. The summed E-state index contributed by atoms with van der Waals surface area (Å²) in [6, 6.07) is 12.7. The normalized spacial score (nSPS) is 9.92. The van der Waals surface area contributed by atoms with Gasteiger partial charge in [0.2, 0.25) is 0 Å². The van der Waals surface area contributed by atoms with Crippen molar-refractivity contribution < 1.29 is 9.53 Å². The van der Waals surface area contributed by atoms with E-state index in [-0.39, 0.29) is 5.97 Å². The van der Waals surface area contributed by atoms with Crippen molar-refractivity contribution in [2.75, 3.05) is 12.8 Å². The van der Waals surface area contributed by atoms with Crippen molar-refractivity contribution in [2.24, 2.45) is 0 Å². The van der Waals surface area contributed by atoms with E-state index in [0.29, 0.717) is 11.4 Å². The molecule has 0 unspecified atom stereocenters. The maximum Gasteiger partial charge on any atom is 0.337 e. The summed E-state index contributed by atoms with van der Waals surface area (Å²) in [5.41, 5.74) is 10.4. The molecule has 3 aromatic rings. The summed E-state index contributed by atoms with van der Waals surface area (Å²) in [6.45, 7) is 1.91. The maximum absolute atomic E-state index is 11.6. The van der Waals surface area contributed by atoms with Crippen LogP contribution in [-0.4, -0.2) is 23.0 Å². The summed E-state index contributed by atoms with van der Waals surface area (Å²) in [5, 5.41) is 0. The fraction of sp³-hybridized carbons (Fsp3) is 0.0952. The number of esters is 1. The Labute approximate surface area is 151 Å². The van der Waals surface area contributed by atoms with Gasteiger partial charge in [-0.3, -0.25) is 4.98 Å². The van der Waals surface area contributed by atoms with Gasteiger partial charge in [0.1, 0.15) is 5.82 Å². The quantitative estimate of drug-likeness (QED) is 0.571. The lowest BCUT2D eigenvalue weighted by Crippen LogP contribution is -2.00. The van der Waals surface area contributed by atoms with Gasteiger partial charge in [-0.1, -0.05) is 24.0 Å². The summed E-state index contributed by atoms with van der Waals surface area (Å²) in [4.78, 5) is 20.0. The van der Waals surface area contributed by atoms with E-state index in [2.05, 4.69) is 21.8 Å². The van der Waals surface area contributed by atoms with Gasteiger partial charge in [0, 0.05) is 23.5 Å². The zero-order chi connectivity index (χ0) is 18.5. The number of aryl methyl sites for hydroxylation is 1. The minimum Gasteiger partial charge on any atom is -0.465 e. The maximum atomic E-state index is 11.6. The fourth-order valence-corrected chi connectivity index (χ4v) is 2.48. The highest BCUT2D eigenvalue weighted by Gasteiger charge is 2.09. The van der Waals surface area contributed by atoms with Gasteiger partial charge in [-0.2, -0.15) is 0 Å². The molecule has 0 saturated carbocycles. The van der Waals surface area contributed by atoms with E-state index in [1.54, 1.807) is 30.6 Å². The van der Waals surface area contributed by atoms with Crippen LogP contribution in [0.4, 0.5) is 5.82 Å². The van der Waals surface area contributed by atoms with E-state index in [1.165, 1.54) is 7.11 Å². The molecule has 0 aliphatic heterocycles. The minimum atomic E-state index is -0.363. The van der Waals surface area contributed by atoms with Crippen LogP contribution in [0.5, 0.6) is 0 Å². The summed E-state index contributed by atoms with van der Waals surface area (Å²) < 4.78 is 4.73. The highest BCUT2D eigenvalue weighted by molar-refractivity contribution is 5.90. The first-order valence-corrected chi connectivity index (χ1v) is 7.96. The monoisotopic (exact) mass is 343 g/mol. The van der Waals surface area contributed by atoms with Gasteiger partial charge in [-0.25, -0.2) is 9.78 Å². The Morgan fingerprint density at radius 2 is 1.81 bits per heavy atom. The highest BCUT2D eigenvalue weighted by Crippen LogP contribution is 2.25. The molecule has 0 atom stereocenters. The number of nitrogens with two attached hydrogens (primary N) is 1. The number of carbonyl (C=O) groups is 1. The average Bonchev–Trinajstić information content (AvgIpc) is 2.67. The van der Waals surface area contributed by atoms with E-state index >= 15 is 0 Å². The zero-order valence-corrected chi connectivity index (χ0v) is 14.5. The van der Waals surface area contributed by atoms with Crippen LogP contribution in [-0.2, 0) is 4.74 Å². The fourth-order valence-electron chi connectivity index (χ4n) is 2.48. The van der Waals surface area contributed by atoms with E-state index in [0.717, 1.165) is 27.9 Å². The zero-order valence-electron chi connectivity index (χ0n) is 14.5. The van der Waals surface area contributed by atoms with Crippen LogP contribution in [0.3, 0.4) is 0 Å². The van der Waals surface area contributed by atoms with Crippen molar-refractivity contribution in [1.29, 1.82) is 0 Å². The molecule has 2 N–H and O–H groups in total. The molecule has 0 saturated heterocycles. The summed E-state index contributed by atoms with van der Waals surface area (Å²) in [7, 11) is 1.36. The van der Waals surface area contributed by atoms with E-state index in [1.807, 2.05) is 31.2 Å². The molecule has 3 rings (SSSR count). The van der Waals surface area contributed by atoms with E-state index in [9.17, 15) is 4.79 Å². The molecule has 5 nitrogen and oxygen atoms in total. The molecule has 0 aliphatic rings.